The standard InChI is InChI=1S/C15H17BrN2OS/c1-10(17-9-14-6-7-15(16)20-14)12-4-3-5-13(8-12)18-11(2)19/h3-8,10,17H,9H2,1-2H3,(H,18,19). The monoisotopic (exact) mass is 352 g/mol. The summed E-state index contributed by atoms with van der Waals surface area (Å²) in [6.07, 6.45) is 0. The van der Waals surface area contributed by atoms with Crippen LogP contribution in [0, 0.1) is 0 Å². The molecule has 1 aromatic heterocycles. The minimum Gasteiger partial charge on any atom is -0.326 e. The maximum Gasteiger partial charge on any atom is 0.221 e. The number of benzene rings is 1. The van der Waals surface area contributed by atoms with Gasteiger partial charge in [-0.15, -0.1) is 11.3 Å². The molecule has 0 aliphatic heterocycles. The lowest BCUT2D eigenvalue weighted by Gasteiger charge is -2.15. The van der Waals surface area contributed by atoms with E-state index in [0.29, 0.717) is 0 Å². The van der Waals surface area contributed by atoms with Crippen molar-refractivity contribution in [2.24, 2.45) is 0 Å². The Kier molecular flexibility index (Phi) is 5.34. The number of anilines is 1. The van der Waals surface area contributed by atoms with Crippen molar-refractivity contribution in [1.29, 1.82) is 0 Å². The number of amides is 1. The second-order valence-corrected chi connectivity index (χ2v) is 7.16. The summed E-state index contributed by atoms with van der Waals surface area (Å²) < 4.78 is 1.15. The van der Waals surface area contributed by atoms with Gasteiger partial charge in [0.2, 0.25) is 5.91 Å². The fourth-order valence-electron chi connectivity index (χ4n) is 1.91. The molecule has 20 heavy (non-hydrogen) atoms. The van der Waals surface area contributed by atoms with Crippen LogP contribution in [0.4, 0.5) is 5.69 Å². The van der Waals surface area contributed by atoms with Crippen LogP contribution < -0.4 is 10.6 Å². The lowest BCUT2D eigenvalue weighted by molar-refractivity contribution is -0.114. The third kappa shape index (κ3) is 4.44. The maximum atomic E-state index is 11.1. The van der Waals surface area contributed by atoms with E-state index >= 15 is 0 Å². The van der Waals surface area contributed by atoms with Gasteiger partial charge in [0.05, 0.1) is 3.79 Å². The molecular formula is C15H17BrN2OS. The molecule has 1 amide bonds. The van der Waals surface area contributed by atoms with Crippen LogP contribution in [-0.4, -0.2) is 5.91 Å². The van der Waals surface area contributed by atoms with Crippen molar-refractivity contribution in [2.45, 2.75) is 26.4 Å². The Morgan fingerprint density at radius 3 is 2.80 bits per heavy atom. The smallest absolute Gasteiger partial charge is 0.221 e. The first-order valence-electron chi connectivity index (χ1n) is 6.40. The molecule has 106 valence electrons. The van der Waals surface area contributed by atoms with E-state index in [0.717, 1.165) is 21.6 Å². The summed E-state index contributed by atoms with van der Waals surface area (Å²) >= 11 is 5.20. The topological polar surface area (TPSA) is 41.1 Å². The molecule has 0 bridgehead atoms. The normalized spacial score (nSPS) is 12.2. The van der Waals surface area contributed by atoms with Crippen molar-refractivity contribution in [2.75, 3.05) is 5.32 Å². The summed E-state index contributed by atoms with van der Waals surface area (Å²) in [5.41, 5.74) is 1.99. The number of hydrogen-bond donors (Lipinski definition) is 2. The van der Waals surface area contributed by atoms with Gasteiger partial charge in [0, 0.05) is 30.1 Å². The zero-order valence-electron chi connectivity index (χ0n) is 11.4. The maximum absolute atomic E-state index is 11.1. The highest BCUT2D eigenvalue weighted by Crippen LogP contribution is 2.23. The first kappa shape index (κ1) is 15.2. The molecule has 2 rings (SSSR count). The van der Waals surface area contributed by atoms with E-state index < -0.39 is 0 Å². The lowest BCUT2D eigenvalue weighted by atomic mass is 10.1. The minimum atomic E-state index is -0.0498. The Morgan fingerprint density at radius 2 is 2.15 bits per heavy atom. The van der Waals surface area contributed by atoms with Crippen LogP contribution in [0.5, 0.6) is 0 Å². The molecule has 0 spiro atoms. The molecule has 2 aromatic rings. The van der Waals surface area contributed by atoms with Crippen LogP contribution in [0.3, 0.4) is 0 Å². The molecule has 1 atom stereocenters. The molecular weight excluding hydrogens is 336 g/mol. The average Bonchev–Trinajstić information content (AvgIpc) is 2.81. The Balaban J connectivity index is 1.97. The molecule has 1 heterocycles. The summed E-state index contributed by atoms with van der Waals surface area (Å²) in [6.45, 7) is 4.47. The Labute approximate surface area is 131 Å². The zero-order chi connectivity index (χ0) is 14.5. The quantitative estimate of drug-likeness (QED) is 0.841. The van der Waals surface area contributed by atoms with Crippen LogP contribution in [-0.2, 0) is 11.3 Å². The van der Waals surface area contributed by atoms with Crippen LogP contribution in [0.15, 0.2) is 40.2 Å². The van der Waals surface area contributed by atoms with Gasteiger partial charge in [-0.05, 0) is 52.7 Å². The van der Waals surface area contributed by atoms with E-state index in [1.165, 1.54) is 11.8 Å². The predicted molar refractivity (Wildman–Crippen MR) is 88.0 cm³/mol. The molecule has 2 N–H and O–H groups in total. The van der Waals surface area contributed by atoms with Gasteiger partial charge in [0.15, 0.2) is 0 Å². The molecule has 0 fully saturated rings. The molecule has 1 unspecified atom stereocenters. The first-order valence-corrected chi connectivity index (χ1v) is 8.00. The highest BCUT2D eigenvalue weighted by atomic mass is 79.9. The second-order valence-electron chi connectivity index (χ2n) is 4.62. The van der Waals surface area contributed by atoms with Crippen LogP contribution in [0.25, 0.3) is 0 Å². The van der Waals surface area contributed by atoms with E-state index in [9.17, 15) is 4.79 Å². The largest absolute Gasteiger partial charge is 0.326 e. The van der Waals surface area contributed by atoms with Gasteiger partial charge < -0.3 is 10.6 Å². The predicted octanol–water partition coefficient (Wildman–Crippen LogP) is 4.32. The van der Waals surface area contributed by atoms with Gasteiger partial charge in [-0.2, -0.15) is 0 Å². The molecule has 0 saturated heterocycles. The number of carbonyl (C=O) groups excluding carboxylic acids is 1. The fraction of sp³-hybridized carbons (Fsp3) is 0.267. The van der Waals surface area contributed by atoms with Crippen LogP contribution >= 0.6 is 27.3 Å². The summed E-state index contributed by atoms with van der Waals surface area (Å²) in [5, 5.41) is 6.29. The first-order chi connectivity index (χ1) is 9.54. The van der Waals surface area contributed by atoms with Gasteiger partial charge in [-0.25, -0.2) is 0 Å². The molecule has 0 aliphatic rings. The Morgan fingerprint density at radius 1 is 1.35 bits per heavy atom. The van der Waals surface area contributed by atoms with Gasteiger partial charge in [-0.3, -0.25) is 4.79 Å². The zero-order valence-corrected chi connectivity index (χ0v) is 13.8. The highest BCUT2D eigenvalue weighted by Gasteiger charge is 2.07. The molecule has 0 aliphatic carbocycles. The van der Waals surface area contributed by atoms with Crippen molar-refractivity contribution in [3.8, 4) is 0 Å². The van der Waals surface area contributed by atoms with Crippen LogP contribution in [0.2, 0.25) is 0 Å². The molecule has 0 saturated carbocycles. The van der Waals surface area contributed by atoms with Crippen molar-refractivity contribution in [3.63, 3.8) is 0 Å². The van der Waals surface area contributed by atoms with Gasteiger partial charge in [-0.1, -0.05) is 12.1 Å². The van der Waals surface area contributed by atoms with Gasteiger partial charge >= 0.3 is 0 Å². The number of hydrogen-bond acceptors (Lipinski definition) is 3. The van der Waals surface area contributed by atoms with Crippen molar-refractivity contribution >= 4 is 38.9 Å². The van der Waals surface area contributed by atoms with Crippen molar-refractivity contribution in [3.05, 3.63) is 50.6 Å². The van der Waals surface area contributed by atoms with Crippen LogP contribution in [0.1, 0.15) is 30.3 Å². The number of halogens is 1. The Bertz CT molecular complexity index is 597. The molecule has 5 heteroatoms. The number of thiophene rings is 1. The van der Waals surface area contributed by atoms with E-state index in [-0.39, 0.29) is 11.9 Å². The molecule has 0 radical (unpaired) electrons. The van der Waals surface area contributed by atoms with E-state index in [2.05, 4.69) is 51.7 Å². The van der Waals surface area contributed by atoms with Crippen molar-refractivity contribution < 1.29 is 4.79 Å². The molecule has 3 nitrogen and oxygen atoms in total. The number of nitrogens with one attached hydrogen (secondary N) is 2. The summed E-state index contributed by atoms with van der Waals surface area (Å²) in [7, 11) is 0. The van der Waals surface area contributed by atoms with E-state index in [1.807, 2.05) is 18.2 Å². The summed E-state index contributed by atoms with van der Waals surface area (Å²) in [5.74, 6) is -0.0498. The lowest BCUT2D eigenvalue weighted by Crippen LogP contribution is -2.17. The SMILES string of the molecule is CC(=O)Nc1cccc(C(C)NCc2ccc(Br)s2)c1. The van der Waals surface area contributed by atoms with Gasteiger partial charge in [0.1, 0.15) is 0 Å². The highest BCUT2D eigenvalue weighted by molar-refractivity contribution is 9.11. The third-order valence-electron chi connectivity index (χ3n) is 2.92. The minimum absolute atomic E-state index is 0.0498. The number of rotatable bonds is 5. The average molecular weight is 353 g/mol. The molecule has 1 aromatic carbocycles. The third-order valence-corrected chi connectivity index (χ3v) is 4.54. The Hall–Kier alpha value is -1.17. The second kappa shape index (κ2) is 7.02. The fourth-order valence-corrected chi connectivity index (χ4v) is 3.34. The van der Waals surface area contributed by atoms with Gasteiger partial charge in [0.25, 0.3) is 0 Å². The number of carbonyl (C=O) groups is 1. The van der Waals surface area contributed by atoms with E-state index in [1.54, 1.807) is 11.3 Å². The summed E-state index contributed by atoms with van der Waals surface area (Å²) in [4.78, 5) is 12.4. The summed E-state index contributed by atoms with van der Waals surface area (Å²) in [6, 6.07) is 12.3. The van der Waals surface area contributed by atoms with Crippen molar-refractivity contribution in [1.82, 2.24) is 5.32 Å². The van der Waals surface area contributed by atoms with E-state index in [4.69, 9.17) is 0 Å².